The number of Topliss-reactive ketones (excluding diaryl/α,β-unsaturated/α-hetero) is 1. The summed E-state index contributed by atoms with van der Waals surface area (Å²) in [5.74, 6) is 0.0203. The minimum Gasteiger partial charge on any atom is -0.338 e. The van der Waals surface area contributed by atoms with Gasteiger partial charge in [0.2, 0.25) is 0 Å². The molecule has 0 saturated heterocycles. The fourth-order valence-electron chi connectivity index (χ4n) is 1.72. The largest absolute Gasteiger partial charge is 0.338 e. The van der Waals surface area contributed by atoms with Crippen LogP contribution in [0.4, 0.5) is 10.5 Å². The monoisotopic (exact) mass is 262 g/mol. The smallest absolute Gasteiger partial charge is 0.319 e. The van der Waals surface area contributed by atoms with E-state index in [1.165, 1.54) is 19.8 Å². The Bertz CT molecular complexity index is 413. The number of nitrogens with one attached hydrogen (secondary N) is 2. The third kappa shape index (κ3) is 6.04. The molecule has 0 atom stereocenters. The lowest BCUT2D eigenvalue weighted by molar-refractivity contribution is 0.101. The van der Waals surface area contributed by atoms with E-state index in [2.05, 4.69) is 17.6 Å². The van der Waals surface area contributed by atoms with E-state index < -0.39 is 0 Å². The predicted octanol–water partition coefficient (Wildman–Crippen LogP) is 3.59. The molecular weight excluding hydrogens is 240 g/mol. The molecule has 4 heteroatoms. The second-order valence-electron chi connectivity index (χ2n) is 4.58. The molecule has 0 radical (unpaired) electrons. The first-order valence-electron chi connectivity index (χ1n) is 6.79. The van der Waals surface area contributed by atoms with Gasteiger partial charge in [0, 0.05) is 17.8 Å². The molecule has 0 spiro atoms. The Hall–Kier alpha value is -1.84. The Morgan fingerprint density at radius 2 is 1.74 bits per heavy atom. The summed E-state index contributed by atoms with van der Waals surface area (Å²) in [4.78, 5) is 22.7. The molecule has 0 saturated carbocycles. The first-order valence-corrected chi connectivity index (χ1v) is 6.79. The van der Waals surface area contributed by atoms with Crippen LogP contribution in [0.5, 0.6) is 0 Å². The lowest BCUT2D eigenvalue weighted by atomic mass is 10.1. The fraction of sp³-hybridized carbons (Fsp3) is 0.467. The number of hydrogen-bond acceptors (Lipinski definition) is 2. The highest BCUT2D eigenvalue weighted by molar-refractivity contribution is 5.95. The number of ketones is 1. The van der Waals surface area contributed by atoms with Crippen molar-refractivity contribution in [3.63, 3.8) is 0 Å². The van der Waals surface area contributed by atoms with E-state index in [-0.39, 0.29) is 11.8 Å². The van der Waals surface area contributed by atoms with E-state index in [1.54, 1.807) is 24.3 Å². The van der Waals surface area contributed by atoms with Gasteiger partial charge in [0.1, 0.15) is 0 Å². The van der Waals surface area contributed by atoms with Crippen LogP contribution < -0.4 is 10.6 Å². The molecule has 2 N–H and O–H groups in total. The fourth-order valence-corrected chi connectivity index (χ4v) is 1.72. The van der Waals surface area contributed by atoms with Crippen LogP contribution in [0.15, 0.2) is 24.3 Å². The second kappa shape index (κ2) is 8.29. The minimum atomic E-state index is -0.202. The number of carbonyl (C=O) groups is 2. The molecule has 0 fully saturated rings. The summed E-state index contributed by atoms with van der Waals surface area (Å²) in [5.41, 5.74) is 1.33. The molecule has 0 heterocycles. The zero-order valence-electron chi connectivity index (χ0n) is 11.7. The number of unbranched alkanes of at least 4 members (excludes halogenated alkanes) is 3. The van der Waals surface area contributed by atoms with Gasteiger partial charge < -0.3 is 10.6 Å². The molecule has 0 bridgehead atoms. The van der Waals surface area contributed by atoms with Crippen LogP contribution in [0.25, 0.3) is 0 Å². The van der Waals surface area contributed by atoms with Crippen LogP contribution in [0, 0.1) is 0 Å². The predicted molar refractivity (Wildman–Crippen MR) is 77.6 cm³/mol. The van der Waals surface area contributed by atoms with Crippen molar-refractivity contribution in [3.05, 3.63) is 29.8 Å². The number of carbonyl (C=O) groups excluding carboxylic acids is 2. The standard InChI is InChI=1S/C15H22N2O2/c1-3-4-5-6-11-16-15(19)17-14-9-7-13(8-10-14)12(2)18/h7-10H,3-6,11H2,1-2H3,(H2,16,17,19). The van der Waals surface area contributed by atoms with Gasteiger partial charge >= 0.3 is 6.03 Å². The van der Waals surface area contributed by atoms with Crippen molar-refractivity contribution in [2.75, 3.05) is 11.9 Å². The Balaban J connectivity index is 2.30. The first-order chi connectivity index (χ1) is 9.13. The van der Waals surface area contributed by atoms with Gasteiger partial charge in [-0.15, -0.1) is 0 Å². The Morgan fingerprint density at radius 3 is 2.32 bits per heavy atom. The quantitative estimate of drug-likeness (QED) is 0.582. The Labute approximate surface area is 114 Å². The number of amides is 2. The number of urea groups is 1. The molecule has 4 nitrogen and oxygen atoms in total. The van der Waals surface area contributed by atoms with Crippen LogP contribution >= 0.6 is 0 Å². The lowest BCUT2D eigenvalue weighted by Gasteiger charge is -2.07. The van der Waals surface area contributed by atoms with Crippen molar-refractivity contribution in [2.24, 2.45) is 0 Å². The van der Waals surface area contributed by atoms with Crippen molar-refractivity contribution in [1.82, 2.24) is 5.32 Å². The highest BCUT2D eigenvalue weighted by Gasteiger charge is 2.02. The molecule has 0 aromatic heterocycles. The van der Waals surface area contributed by atoms with Crippen molar-refractivity contribution < 1.29 is 9.59 Å². The normalized spacial score (nSPS) is 10.0. The summed E-state index contributed by atoms with van der Waals surface area (Å²) in [6, 6.07) is 6.67. The molecule has 1 rings (SSSR count). The highest BCUT2D eigenvalue weighted by Crippen LogP contribution is 2.09. The van der Waals surface area contributed by atoms with Gasteiger partial charge in [0.15, 0.2) is 5.78 Å². The minimum absolute atomic E-state index is 0.0203. The molecule has 0 aliphatic rings. The lowest BCUT2D eigenvalue weighted by Crippen LogP contribution is -2.29. The van der Waals surface area contributed by atoms with Crippen LogP contribution in [0.1, 0.15) is 49.9 Å². The van der Waals surface area contributed by atoms with E-state index in [0.29, 0.717) is 17.8 Å². The van der Waals surface area contributed by atoms with E-state index in [9.17, 15) is 9.59 Å². The summed E-state index contributed by atoms with van der Waals surface area (Å²) >= 11 is 0. The maximum atomic E-state index is 11.6. The molecule has 1 aromatic rings. The van der Waals surface area contributed by atoms with Gasteiger partial charge in [-0.3, -0.25) is 4.79 Å². The third-order valence-electron chi connectivity index (χ3n) is 2.87. The second-order valence-corrected chi connectivity index (χ2v) is 4.58. The number of anilines is 1. The molecule has 1 aromatic carbocycles. The van der Waals surface area contributed by atoms with Gasteiger partial charge in [0.25, 0.3) is 0 Å². The summed E-state index contributed by atoms with van der Waals surface area (Å²) in [6.45, 7) is 4.37. The van der Waals surface area contributed by atoms with E-state index >= 15 is 0 Å². The van der Waals surface area contributed by atoms with Crippen LogP contribution in [-0.4, -0.2) is 18.4 Å². The van der Waals surface area contributed by atoms with Gasteiger partial charge in [-0.05, 0) is 37.6 Å². The average molecular weight is 262 g/mol. The number of hydrogen-bond donors (Lipinski definition) is 2. The van der Waals surface area contributed by atoms with Crippen LogP contribution in [0.2, 0.25) is 0 Å². The first kappa shape index (κ1) is 15.2. The molecule has 0 aliphatic heterocycles. The van der Waals surface area contributed by atoms with Crippen molar-refractivity contribution in [3.8, 4) is 0 Å². The molecular formula is C15H22N2O2. The average Bonchev–Trinajstić information content (AvgIpc) is 2.39. The molecule has 19 heavy (non-hydrogen) atoms. The van der Waals surface area contributed by atoms with Crippen molar-refractivity contribution >= 4 is 17.5 Å². The maximum absolute atomic E-state index is 11.6. The van der Waals surface area contributed by atoms with Gasteiger partial charge in [-0.25, -0.2) is 4.79 Å². The van der Waals surface area contributed by atoms with Crippen molar-refractivity contribution in [1.29, 1.82) is 0 Å². The van der Waals surface area contributed by atoms with E-state index in [4.69, 9.17) is 0 Å². The SMILES string of the molecule is CCCCCCNC(=O)Nc1ccc(C(C)=O)cc1. The summed E-state index contributed by atoms with van der Waals surface area (Å²) in [5, 5.41) is 5.55. The summed E-state index contributed by atoms with van der Waals surface area (Å²) in [6.07, 6.45) is 4.54. The van der Waals surface area contributed by atoms with Crippen LogP contribution in [0.3, 0.4) is 0 Å². The topological polar surface area (TPSA) is 58.2 Å². The zero-order valence-corrected chi connectivity index (χ0v) is 11.7. The highest BCUT2D eigenvalue weighted by atomic mass is 16.2. The van der Waals surface area contributed by atoms with Crippen LogP contribution in [-0.2, 0) is 0 Å². The van der Waals surface area contributed by atoms with Gasteiger partial charge in [-0.1, -0.05) is 26.2 Å². The molecule has 0 unspecified atom stereocenters. The van der Waals surface area contributed by atoms with Gasteiger partial charge in [-0.2, -0.15) is 0 Å². The third-order valence-corrected chi connectivity index (χ3v) is 2.87. The summed E-state index contributed by atoms with van der Waals surface area (Å²) in [7, 11) is 0. The maximum Gasteiger partial charge on any atom is 0.319 e. The Morgan fingerprint density at radius 1 is 1.05 bits per heavy atom. The Kier molecular flexibility index (Phi) is 6.64. The molecule has 2 amide bonds. The molecule has 0 aliphatic carbocycles. The van der Waals surface area contributed by atoms with E-state index in [1.807, 2.05) is 0 Å². The molecule has 104 valence electrons. The van der Waals surface area contributed by atoms with E-state index in [0.717, 1.165) is 12.8 Å². The van der Waals surface area contributed by atoms with Crippen molar-refractivity contribution in [2.45, 2.75) is 39.5 Å². The zero-order chi connectivity index (χ0) is 14.1. The number of benzene rings is 1. The summed E-state index contributed by atoms with van der Waals surface area (Å²) < 4.78 is 0. The van der Waals surface area contributed by atoms with Gasteiger partial charge in [0.05, 0.1) is 0 Å². The number of rotatable bonds is 7.